The first-order valence-corrected chi connectivity index (χ1v) is 8.20. The van der Waals surface area contributed by atoms with Crippen molar-refractivity contribution >= 4 is 22.5 Å². The zero-order valence-electron chi connectivity index (χ0n) is 14.5. The van der Waals surface area contributed by atoms with E-state index in [1.807, 2.05) is 0 Å². The Labute approximate surface area is 148 Å². The van der Waals surface area contributed by atoms with Crippen LogP contribution < -0.4 is 16.6 Å². The molecule has 1 heterocycles. The number of rotatable bonds is 4. The number of carbonyl (C=O) groups is 1. The fraction of sp³-hybridized carbons (Fsp3) is 0.211. The topological polar surface area (TPSA) is 73.1 Å². The fourth-order valence-electron chi connectivity index (χ4n) is 2.86. The third-order valence-corrected chi connectivity index (χ3v) is 4.22. The molecule has 0 saturated carbocycles. The summed E-state index contributed by atoms with van der Waals surface area (Å²) >= 11 is 0. The molecule has 0 unspecified atom stereocenters. The number of halogens is 1. The lowest BCUT2D eigenvalue weighted by molar-refractivity contribution is -0.116. The van der Waals surface area contributed by atoms with Crippen molar-refractivity contribution in [3.05, 3.63) is 74.7 Å². The van der Waals surface area contributed by atoms with Crippen LogP contribution in [0.4, 0.5) is 10.1 Å². The van der Waals surface area contributed by atoms with Crippen LogP contribution in [0.2, 0.25) is 0 Å². The van der Waals surface area contributed by atoms with Crippen molar-refractivity contribution in [2.24, 2.45) is 0 Å². The van der Waals surface area contributed by atoms with Gasteiger partial charge in [-0.2, -0.15) is 0 Å². The molecule has 1 N–H and O–H groups in total. The number of hydrogen-bond acceptors (Lipinski definition) is 3. The predicted molar refractivity (Wildman–Crippen MR) is 97.9 cm³/mol. The highest BCUT2D eigenvalue weighted by Crippen LogP contribution is 2.16. The van der Waals surface area contributed by atoms with Crippen molar-refractivity contribution in [1.29, 1.82) is 0 Å². The molecule has 0 spiro atoms. The molecule has 0 fully saturated rings. The second kappa shape index (κ2) is 6.95. The maximum absolute atomic E-state index is 13.4. The monoisotopic (exact) mass is 355 g/mol. The Morgan fingerprint density at radius 3 is 2.58 bits per heavy atom. The first-order chi connectivity index (χ1) is 12.4. The summed E-state index contributed by atoms with van der Waals surface area (Å²) in [5.74, 6) is -0.944. The van der Waals surface area contributed by atoms with E-state index < -0.39 is 17.4 Å². The normalized spacial score (nSPS) is 10.9. The number of nitrogens with zero attached hydrogens (tertiary/aromatic N) is 2. The van der Waals surface area contributed by atoms with Crippen molar-refractivity contribution in [1.82, 2.24) is 9.13 Å². The summed E-state index contributed by atoms with van der Waals surface area (Å²) in [5.41, 5.74) is 0.498. The van der Waals surface area contributed by atoms with Gasteiger partial charge in [0.2, 0.25) is 5.91 Å². The minimum Gasteiger partial charge on any atom is -0.324 e. The van der Waals surface area contributed by atoms with Gasteiger partial charge in [-0.3, -0.25) is 18.7 Å². The van der Waals surface area contributed by atoms with Crippen LogP contribution in [-0.4, -0.2) is 15.0 Å². The van der Waals surface area contributed by atoms with Gasteiger partial charge in [-0.15, -0.1) is 0 Å². The molecular weight excluding hydrogens is 337 g/mol. The maximum atomic E-state index is 13.4. The Morgan fingerprint density at radius 2 is 1.85 bits per heavy atom. The molecule has 0 aliphatic carbocycles. The number of para-hydroxylation sites is 1. The first-order valence-electron chi connectivity index (χ1n) is 8.20. The number of carbonyl (C=O) groups excluding carboxylic acids is 1. The van der Waals surface area contributed by atoms with Crippen molar-refractivity contribution in [2.75, 3.05) is 5.32 Å². The number of aryl methyl sites for hydroxylation is 1. The molecule has 2 aromatic carbocycles. The van der Waals surface area contributed by atoms with Crippen molar-refractivity contribution in [3.63, 3.8) is 0 Å². The molecule has 3 rings (SSSR count). The van der Waals surface area contributed by atoms with Crippen LogP contribution in [0.25, 0.3) is 10.9 Å². The average molecular weight is 355 g/mol. The summed E-state index contributed by atoms with van der Waals surface area (Å²) in [6.07, 6.45) is 0. The van der Waals surface area contributed by atoms with E-state index in [0.29, 0.717) is 22.2 Å². The molecule has 6 nitrogen and oxygen atoms in total. The van der Waals surface area contributed by atoms with Gasteiger partial charge in [-0.25, -0.2) is 9.18 Å². The lowest BCUT2D eigenvalue weighted by atomic mass is 10.2. The van der Waals surface area contributed by atoms with E-state index in [-0.39, 0.29) is 18.6 Å². The van der Waals surface area contributed by atoms with Crippen LogP contribution in [-0.2, 0) is 17.9 Å². The molecule has 0 saturated heterocycles. The molecule has 134 valence electrons. The second-order valence-electron chi connectivity index (χ2n) is 5.94. The van der Waals surface area contributed by atoms with E-state index in [1.54, 1.807) is 44.2 Å². The minimum absolute atomic E-state index is 0.202. The van der Waals surface area contributed by atoms with Gasteiger partial charge >= 0.3 is 5.69 Å². The van der Waals surface area contributed by atoms with Gasteiger partial charge < -0.3 is 5.32 Å². The fourth-order valence-corrected chi connectivity index (χ4v) is 2.86. The SMILES string of the molecule is CCn1c(=O)c2ccccc2n(CC(=O)Nc2cc(F)ccc2C)c1=O. The summed E-state index contributed by atoms with van der Waals surface area (Å²) in [5, 5.41) is 2.98. The highest BCUT2D eigenvalue weighted by molar-refractivity contribution is 5.92. The zero-order valence-corrected chi connectivity index (χ0v) is 14.5. The molecule has 0 atom stereocenters. The zero-order chi connectivity index (χ0) is 18.8. The number of nitrogens with one attached hydrogen (secondary N) is 1. The van der Waals surface area contributed by atoms with Gasteiger partial charge in [0.1, 0.15) is 12.4 Å². The van der Waals surface area contributed by atoms with E-state index >= 15 is 0 Å². The lowest BCUT2D eigenvalue weighted by Crippen LogP contribution is -2.41. The molecule has 7 heteroatoms. The van der Waals surface area contributed by atoms with Crippen molar-refractivity contribution in [2.45, 2.75) is 26.9 Å². The standard InChI is InChI=1S/C19H18FN3O3/c1-3-22-18(25)14-6-4-5-7-16(14)23(19(22)26)11-17(24)21-15-10-13(20)9-8-12(15)2/h4-10H,3,11H2,1-2H3,(H,21,24). The second-order valence-corrected chi connectivity index (χ2v) is 5.94. The number of fused-ring (bicyclic) bond motifs is 1. The predicted octanol–water partition coefficient (Wildman–Crippen LogP) is 2.27. The highest BCUT2D eigenvalue weighted by Gasteiger charge is 2.15. The van der Waals surface area contributed by atoms with E-state index in [2.05, 4.69) is 5.32 Å². The van der Waals surface area contributed by atoms with E-state index in [1.165, 1.54) is 16.7 Å². The molecule has 1 amide bonds. The van der Waals surface area contributed by atoms with Crippen molar-refractivity contribution < 1.29 is 9.18 Å². The number of hydrogen-bond donors (Lipinski definition) is 1. The Hall–Kier alpha value is -3.22. The molecule has 0 radical (unpaired) electrons. The molecule has 0 aliphatic heterocycles. The smallest absolute Gasteiger partial charge is 0.324 e. The highest BCUT2D eigenvalue weighted by atomic mass is 19.1. The van der Waals surface area contributed by atoms with E-state index in [4.69, 9.17) is 0 Å². The van der Waals surface area contributed by atoms with Gasteiger partial charge in [0.25, 0.3) is 5.56 Å². The number of benzene rings is 2. The Bertz CT molecular complexity index is 1120. The van der Waals surface area contributed by atoms with Gasteiger partial charge in [0.05, 0.1) is 10.9 Å². The summed E-state index contributed by atoms with van der Waals surface area (Å²) in [6, 6.07) is 10.7. The van der Waals surface area contributed by atoms with Gasteiger partial charge in [0.15, 0.2) is 0 Å². The molecular formula is C19H18FN3O3. The summed E-state index contributed by atoms with van der Waals surface area (Å²) in [7, 11) is 0. The van der Waals surface area contributed by atoms with Crippen LogP contribution in [0.15, 0.2) is 52.1 Å². The van der Waals surface area contributed by atoms with Crippen LogP contribution in [0.1, 0.15) is 12.5 Å². The quantitative estimate of drug-likeness (QED) is 0.780. The first kappa shape index (κ1) is 17.6. The Kier molecular flexibility index (Phi) is 4.71. The summed E-state index contributed by atoms with van der Waals surface area (Å²) in [6.45, 7) is 3.36. The molecule has 26 heavy (non-hydrogen) atoms. The number of anilines is 1. The number of aromatic nitrogens is 2. The van der Waals surface area contributed by atoms with Crippen LogP contribution in [0.3, 0.4) is 0 Å². The van der Waals surface area contributed by atoms with Crippen LogP contribution in [0, 0.1) is 12.7 Å². The van der Waals surface area contributed by atoms with E-state index in [0.717, 1.165) is 4.57 Å². The van der Waals surface area contributed by atoms with Gasteiger partial charge in [-0.05, 0) is 43.7 Å². The Morgan fingerprint density at radius 1 is 1.12 bits per heavy atom. The van der Waals surface area contributed by atoms with Crippen LogP contribution >= 0.6 is 0 Å². The molecule has 1 aromatic heterocycles. The summed E-state index contributed by atoms with van der Waals surface area (Å²) in [4.78, 5) is 37.5. The molecule has 0 aliphatic rings. The molecule has 3 aromatic rings. The van der Waals surface area contributed by atoms with Gasteiger partial charge in [0, 0.05) is 12.2 Å². The van der Waals surface area contributed by atoms with E-state index in [9.17, 15) is 18.8 Å². The van der Waals surface area contributed by atoms with Gasteiger partial charge in [-0.1, -0.05) is 18.2 Å². The number of amides is 1. The largest absolute Gasteiger partial charge is 0.331 e. The summed E-state index contributed by atoms with van der Waals surface area (Å²) < 4.78 is 15.7. The van der Waals surface area contributed by atoms with Crippen molar-refractivity contribution in [3.8, 4) is 0 Å². The third kappa shape index (κ3) is 3.15. The molecule has 0 bridgehead atoms. The maximum Gasteiger partial charge on any atom is 0.331 e. The van der Waals surface area contributed by atoms with Crippen LogP contribution in [0.5, 0.6) is 0 Å². The minimum atomic E-state index is -0.553. The third-order valence-electron chi connectivity index (χ3n) is 4.22. The lowest BCUT2D eigenvalue weighted by Gasteiger charge is -2.14. The Balaban J connectivity index is 2.03. The average Bonchev–Trinajstić information content (AvgIpc) is 2.62.